The molecular weight excluding hydrogens is 252 g/mol. The lowest BCUT2D eigenvalue weighted by atomic mass is 9.98. The van der Waals surface area contributed by atoms with Gasteiger partial charge in [-0.1, -0.05) is 0 Å². The first-order valence-electron chi connectivity index (χ1n) is 7.58. The Kier molecular flexibility index (Phi) is 5.43. The number of hydrogen-bond donors (Lipinski definition) is 1. The van der Waals surface area contributed by atoms with Gasteiger partial charge in [-0.05, 0) is 45.7 Å². The third-order valence-corrected chi connectivity index (χ3v) is 4.05. The Labute approximate surface area is 122 Å². The maximum atomic E-state index is 5.28. The van der Waals surface area contributed by atoms with Gasteiger partial charge >= 0.3 is 0 Å². The molecule has 0 aliphatic carbocycles. The molecule has 1 aliphatic rings. The Morgan fingerprint density at radius 2 is 2.20 bits per heavy atom. The number of aromatic nitrogens is 2. The van der Waals surface area contributed by atoms with Crippen molar-refractivity contribution in [3.8, 4) is 0 Å². The third kappa shape index (κ3) is 3.73. The molecule has 1 unspecified atom stereocenters. The van der Waals surface area contributed by atoms with Crippen molar-refractivity contribution in [2.75, 3.05) is 45.3 Å². The van der Waals surface area contributed by atoms with E-state index in [2.05, 4.69) is 41.9 Å². The van der Waals surface area contributed by atoms with Crippen LogP contribution in [-0.4, -0.2) is 49.9 Å². The van der Waals surface area contributed by atoms with Gasteiger partial charge < -0.3 is 19.5 Å². The molecule has 114 valence electrons. The van der Waals surface area contributed by atoms with E-state index in [1.807, 2.05) is 0 Å². The number of nitrogens with zero attached hydrogens (tertiary/aromatic N) is 3. The highest BCUT2D eigenvalue weighted by Crippen LogP contribution is 2.22. The van der Waals surface area contributed by atoms with Gasteiger partial charge in [0.1, 0.15) is 0 Å². The molecule has 1 aromatic heterocycles. The van der Waals surface area contributed by atoms with Crippen LogP contribution in [0.4, 0.5) is 5.95 Å². The first kappa shape index (κ1) is 15.3. The zero-order valence-electron chi connectivity index (χ0n) is 13.2. The second-order valence-corrected chi connectivity index (χ2v) is 5.97. The largest absolute Gasteiger partial charge is 0.383 e. The van der Waals surface area contributed by atoms with Crippen LogP contribution >= 0.6 is 0 Å². The molecular formula is C15H28N4O. The van der Waals surface area contributed by atoms with Crippen LogP contribution in [0.3, 0.4) is 0 Å². The summed E-state index contributed by atoms with van der Waals surface area (Å²) in [7, 11) is 3.90. The maximum absolute atomic E-state index is 5.28. The zero-order valence-corrected chi connectivity index (χ0v) is 13.2. The normalized spacial score (nSPS) is 18.2. The van der Waals surface area contributed by atoms with E-state index in [0.717, 1.165) is 37.2 Å². The average molecular weight is 280 g/mol. The Hall–Kier alpha value is -1.07. The number of methoxy groups -OCH3 is 1. The second-order valence-electron chi connectivity index (χ2n) is 5.97. The third-order valence-electron chi connectivity index (χ3n) is 4.05. The summed E-state index contributed by atoms with van der Waals surface area (Å²) in [6.45, 7) is 8.31. The van der Waals surface area contributed by atoms with Crippen molar-refractivity contribution in [3.05, 3.63) is 11.9 Å². The standard InChI is InChI=1S/C15H28N4O/c1-12-9-19(13(2)11-20-4)15(17-12)18(3)10-14-5-7-16-8-6-14/h9,13-14,16H,5-8,10-11H2,1-4H3. The molecule has 0 saturated carbocycles. The summed E-state index contributed by atoms with van der Waals surface area (Å²) in [6, 6.07) is 0.312. The minimum absolute atomic E-state index is 0.312. The molecule has 1 N–H and O–H groups in total. The lowest BCUT2D eigenvalue weighted by molar-refractivity contribution is 0.162. The lowest BCUT2D eigenvalue weighted by Gasteiger charge is -2.29. The maximum Gasteiger partial charge on any atom is 0.205 e. The first-order valence-corrected chi connectivity index (χ1v) is 7.58. The van der Waals surface area contributed by atoms with E-state index in [9.17, 15) is 0 Å². The fraction of sp³-hybridized carbons (Fsp3) is 0.800. The molecule has 1 fully saturated rings. The minimum Gasteiger partial charge on any atom is -0.383 e. The molecule has 5 nitrogen and oxygen atoms in total. The quantitative estimate of drug-likeness (QED) is 0.863. The molecule has 1 aromatic rings. The van der Waals surface area contributed by atoms with Crippen molar-refractivity contribution in [3.63, 3.8) is 0 Å². The van der Waals surface area contributed by atoms with Crippen LogP contribution in [0.2, 0.25) is 0 Å². The summed E-state index contributed by atoms with van der Waals surface area (Å²) >= 11 is 0. The molecule has 0 bridgehead atoms. The number of nitrogens with one attached hydrogen (secondary N) is 1. The van der Waals surface area contributed by atoms with E-state index in [1.54, 1.807) is 7.11 Å². The van der Waals surface area contributed by atoms with E-state index >= 15 is 0 Å². The molecule has 1 atom stereocenters. The summed E-state index contributed by atoms with van der Waals surface area (Å²) < 4.78 is 7.51. The van der Waals surface area contributed by atoms with Gasteiger partial charge in [-0.15, -0.1) is 0 Å². The predicted octanol–water partition coefficient (Wildman–Crippen LogP) is 1.83. The number of aryl methyl sites for hydroxylation is 1. The van der Waals surface area contributed by atoms with E-state index in [0.29, 0.717) is 12.6 Å². The van der Waals surface area contributed by atoms with Crippen molar-refractivity contribution in [2.45, 2.75) is 32.7 Å². The summed E-state index contributed by atoms with van der Waals surface area (Å²) in [4.78, 5) is 7.00. The number of imidazole rings is 1. The van der Waals surface area contributed by atoms with Crippen LogP contribution in [0.1, 0.15) is 31.5 Å². The molecule has 1 saturated heterocycles. The highest BCUT2D eigenvalue weighted by Gasteiger charge is 2.20. The fourth-order valence-electron chi connectivity index (χ4n) is 2.96. The molecule has 0 spiro atoms. The van der Waals surface area contributed by atoms with Crippen molar-refractivity contribution in [1.82, 2.24) is 14.9 Å². The number of anilines is 1. The Bertz CT molecular complexity index is 412. The van der Waals surface area contributed by atoms with Crippen LogP contribution < -0.4 is 10.2 Å². The van der Waals surface area contributed by atoms with Crippen LogP contribution in [-0.2, 0) is 4.74 Å². The molecule has 2 heterocycles. The molecule has 0 amide bonds. The number of hydrogen-bond acceptors (Lipinski definition) is 4. The smallest absolute Gasteiger partial charge is 0.205 e. The van der Waals surface area contributed by atoms with Gasteiger partial charge in [0.05, 0.1) is 18.3 Å². The Balaban J connectivity index is 2.06. The lowest BCUT2D eigenvalue weighted by Crippen LogP contribution is -2.35. The zero-order chi connectivity index (χ0) is 14.5. The van der Waals surface area contributed by atoms with E-state index < -0.39 is 0 Å². The van der Waals surface area contributed by atoms with Gasteiger partial charge in [0.15, 0.2) is 0 Å². The molecule has 20 heavy (non-hydrogen) atoms. The van der Waals surface area contributed by atoms with Crippen LogP contribution in [0.25, 0.3) is 0 Å². The summed E-state index contributed by atoms with van der Waals surface area (Å²) in [5.41, 5.74) is 1.07. The summed E-state index contributed by atoms with van der Waals surface area (Å²) in [5.74, 6) is 1.83. The van der Waals surface area contributed by atoms with Gasteiger partial charge in [-0.25, -0.2) is 4.98 Å². The van der Waals surface area contributed by atoms with Gasteiger partial charge in [-0.2, -0.15) is 0 Å². The van der Waals surface area contributed by atoms with Gasteiger partial charge in [0, 0.05) is 26.9 Å². The monoisotopic (exact) mass is 280 g/mol. The molecule has 1 aliphatic heterocycles. The van der Waals surface area contributed by atoms with E-state index in [1.165, 1.54) is 12.8 Å². The highest BCUT2D eigenvalue weighted by atomic mass is 16.5. The van der Waals surface area contributed by atoms with Gasteiger partial charge in [0.2, 0.25) is 5.95 Å². The van der Waals surface area contributed by atoms with Crippen LogP contribution in [0.5, 0.6) is 0 Å². The predicted molar refractivity (Wildman–Crippen MR) is 82.4 cm³/mol. The SMILES string of the molecule is COCC(C)n1cc(C)nc1N(C)CC1CCNCC1. The fourth-order valence-corrected chi connectivity index (χ4v) is 2.96. The van der Waals surface area contributed by atoms with E-state index in [4.69, 9.17) is 9.72 Å². The number of piperidine rings is 1. The van der Waals surface area contributed by atoms with Crippen LogP contribution in [0, 0.1) is 12.8 Å². The highest BCUT2D eigenvalue weighted by molar-refractivity contribution is 5.33. The van der Waals surface area contributed by atoms with Crippen molar-refractivity contribution in [2.24, 2.45) is 5.92 Å². The van der Waals surface area contributed by atoms with Crippen molar-refractivity contribution < 1.29 is 4.74 Å². The first-order chi connectivity index (χ1) is 9.61. The molecule has 2 rings (SSSR count). The average Bonchev–Trinajstić information content (AvgIpc) is 2.82. The summed E-state index contributed by atoms with van der Waals surface area (Å²) in [6.07, 6.45) is 4.65. The second kappa shape index (κ2) is 7.09. The molecule has 0 aromatic carbocycles. The van der Waals surface area contributed by atoms with Gasteiger partial charge in [-0.3, -0.25) is 0 Å². The van der Waals surface area contributed by atoms with E-state index in [-0.39, 0.29) is 0 Å². The number of rotatable bonds is 6. The van der Waals surface area contributed by atoms with Crippen LogP contribution in [0.15, 0.2) is 6.20 Å². The topological polar surface area (TPSA) is 42.3 Å². The number of ether oxygens (including phenoxy) is 1. The Morgan fingerprint density at radius 1 is 1.50 bits per heavy atom. The minimum atomic E-state index is 0.312. The molecule has 5 heteroatoms. The Morgan fingerprint density at radius 3 is 2.85 bits per heavy atom. The summed E-state index contributed by atoms with van der Waals surface area (Å²) in [5, 5.41) is 3.42. The van der Waals surface area contributed by atoms with Crippen molar-refractivity contribution in [1.29, 1.82) is 0 Å². The van der Waals surface area contributed by atoms with Crippen molar-refractivity contribution >= 4 is 5.95 Å². The van der Waals surface area contributed by atoms with Gasteiger partial charge in [0.25, 0.3) is 0 Å². The molecule has 0 radical (unpaired) electrons.